The van der Waals surface area contributed by atoms with Gasteiger partial charge in [-0.1, -0.05) is 32.9 Å². The Kier molecular flexibility index (Phi) is 8.48. The zero-order chi connectivity index (χ0) is 29.5. The van der Waals surface area contributed by atoms with Crippen LogP contribution in [0.3, 0.4) is 0 Å². The van der Waals surface area contributed by atoms with Gasteiger partial charge in [0.1, 0.15) is 30.2 Å². The maximum Gasteiger partial charge on any atom is 0.167 e. The van der Waals surface area contributed by atoms with Gasteiger partial charge < -0.3 is 20.7 Å². The number of nitrogens with zero attached hydrogens (tertiary/aromatic N) is 6. The highest BCUT2D eigenvalue weighted by Crippen LogP contribution is 2.38. The fourth-order valence-electron chi connectivity index (χ4n) is 6.09. The molecule has 222 valence electrons. The summed E-state index contributed by atoms with van der Waals surface area (Å²) in [6.07, 6.45) is 3.76. The summed E-state index contributed by atoms with van der Waals surface area (Å²) in [5.74, 6) is 0.919. The van der Waals surface area contributed by atoms with Gasteiger partial charge >= 0.3 is 0 Å². The lowest BCUT2D eigenvalue weighted by Gasteiger charge is -2.46. The summed E-state index contributed by atoms with van der Waals surface area (Å²) in [6, 6.07) is 9.26. The molecule has 5 rings (SSSR count). The molecule has 0 spiro atoms. The Labute approximate surface area is 242 Å². The van der Waals surface area contributed by atoms with Gasteiger partial charge in [-0.05, 0) is 75.5 Å². The average molecular weight is 564 g/mol. The van der Waals surface area contributed by atoms with Crippen LogP contribution in [0.1, 0.15) is 79.0 Å². The summed E-state index contributed by atoms with van der Waals surface area (Å²) in [7, 11) is 0. The number of aromatic nitrogens is 4. The number of hydrogen-bond acceptors (Lipinski definition) is 9. The molecule has 4 N–H and O–H groups in total. The number of aliphatic hydroxyl groups is 2. The van der Waals surface area contributed by atoms with E-state index < -0.39 is 24.5 Å². The first-order chi connectivity index (χ1) is 19.4. The molecule has 1 saturated carbocycles. The summed E-state index contributed by atoms with van der Waals surface area (Å²) >= 11 is 0. The van der Waals surface area contributed by atoms with E-state index in [0.717, 1.165) is 31.4 Å². The highest BCUT2D eigenvalue weighted by molar-refractivity contribution is 5.84. The van der Waals surface area contributed by atoms with E-state index in [1.54, 1.807) is 4.57 Å². The van der Waals surface area contributed by atoms with Gasteiger partial charge in [-0.3, -0.25) is 14.5 Å². The van der Waals surface area contributed by atoms with Gasteiger partial charge in [0, 0.05) is 24.3 Å². The van der Waals surface area contributed by atoms with Crippen molar-refractivity contribution in [2.24, 2.45) is 10.9 Å². The number of imidazole rings is 1. The lowest BCUT2D eigenvalue weighted by Crippen LogP contribution is -2.52. The van der Waals surface area contributed by atoms with E-state index >= 15 is 0 Å². The van der Waals surface area contributed by atoms with Crippen LogP contribution in [-0.4, -0.2) is 77.3 Å². The molecule has 1 saturated heterocycles. The molecule has 10 nitrogen and oxygen atoms in total. The van der Waals surface area contributed by atoms with Gasteiger partial charge in [-0.25, -0.2) is 15.0 Å². The van der Waals surface area contributed by atoms with E-state index in [0.29, 0.717) is 29.7 Å². The molecule has 1 aliphatic carbocycles. The number of anilines is 1. The molecule has 2 aromatic heterocycles. The van der Waals surface area contributed by atoms with Crippen LogP contribution in [-0.2, 0) is 10.2 Å². The molecule has 10 heteroatoms. The van der Waals surface area contributed by atoms with Gasteiger partial charge in [-0.2, -0.15) is 0 Å². The first-order valence-corrected chi connectivity index (χ1v) is 14.8. The van der Waals surface area contributed by atoms with Crippen LogP contribution in [0, 0.1) is 5.92 Å². The number of nitrogen functional groups attached to an aromatic ring is 1. The summed E-state index contributed by atoms with van der Waals surface area (Å²) in [5, 5.41) is 21.8. The molecule has 41 heavy (non-hydrogen) atoms. The fraction of sp³-hybridized carbons (Fsp3) is 0.613. The van der Waals surface area contributed by atoms with Crippen LogP contribution in [0.5, 0.6) is 0 Å². The molecule has 1 aliphatic heterocycles. The van der Waals surface area contributed by atoms with E-state index in [1.807, 2.05) is 0 Å². The van der Waals surface area contributed by atoms with Gasteiger partial charge in [0.05, 0.1) is 12.0 Å². The lowest BCUT2D eigenvalue weighted by atomic mass is 9.76. The van der Waals surface area contributed by atoms with Crippen molar-refractivity contribution in [1.82, 2.24) is 24.4 Å². The van der Waals surface area contributed by atoms with Crippen LogP contribution in [0.4, 0.5) is 11.5 Å². The molecular weight excluding hydrogens is 518 g/mol. The minimum atomic E-state index is -1.11. The Hall–Kier alpha value is -2.92. The second-order valence-corrected chi connectivity index (χ2v) is 13.1. The van der Waals surface area contributed by atoms with Crippen LogP contribution < -0.4 is 5.73 Å². The largest absolute Gasteiger partial charge is 0.387 e. The van der Waals surface area contributed by atoms with Gasteiger partial charge in [0.25, 0.3) is 0 Å². The van der Waals surface area contributed by atoms with Crippen LogP contribution in [0.15, 0.2) is 41.9 Å². The fourth-order valence-corrected chi connectivity index (χ4v) is 6.09. The monoisotopic (exact) mass is 563 g/mol. The number of hydrogen-bond donors (Lipinski definition) is 3. The van der Waals surface area contributed by atoms with Crippen LogP contribution >= 0.6 is 0 Å². The standard InChI is InChI=1S/C31H45N7O3/c1-18(2)37(15-24-26(39)27(40)30(41-24)38-17-35-25-28(32)33-16-34-29(25)38)23-12-20(13-23)11-10-19(3)36-22-9-7-8-21(14-22)31(4,5)6/h7-9,14,16-18,20,23-24,26-27,30,39-40H,10-13,15H2,1-6H3,(H2,32,33,34). The summed E-state index contributed by atoms with van der Waals surface area (Å²) < 4.78 is 7.86. The topological polar surface area (TPSA) is 135 Å². The Bertz CT molecular complexity index is 1380. The summed E-state index contributed by atoms with van der Waals surface area (Å²) in [4.78, 5) is 19.8. The molecule has 0 bridgehead atoms. The molecule has 0 radical (unpaired) electrons. The number of ether oxygens (including phenoxy) is 1. The maximum atomic E-state index is 10.9. The smallest absolute Gasteiger partial charge is 0.167 e. The minimum Gasteiger partial charge on any atom is -0.387 e. The van der Waals surface area contributed by atoms with Crippen molar-refractivity contribution in [1.29, 1.82) is 0 Å². The molecule has 4 atom stereocenters. The molecule has 0 amide bonds. The SMILES string of the molecule is CC(CCC1CC(N(CC2OC(n3cnc4c(N)ncnc43)C(O)C2O)C(C)C)C1)=Nc1cccc(C(C)(C)C)c1. The van der Waals surface area contributed by atoms with Crippen molar-refractivity contribution in [3.05, 3.63) is 42.5 Å². The summed E-state index contributed by atoms with van der Waals surface area (Å²) in [6.45, 7) is 13.7. The van der Waals surface area contributed by atoms with Crippen molar-refractivity contribution >= 4 is 28.4 Å². The highest BCUT2D eigenvalue weighted by Gasteiger charge is 2.46. The Balaban J connectivity index is 1.16. The number of benzene rings is 1. The Morgan fingerprint density at radius 1 is 1.17 bits per heavy atom. The first kappa shape index (κ1) is 29.6. The van der Waals surface area contributed by atoms with Crippen molar-refractivity contribution in [2.45, 2.75) is 109 Å². The van der Waals surface area contributed by atoms with Crippen molar-refractivity contribution < 1.29 is 14.9 Å². The summed E-state index contributed by atoms with van der Waals surface area (Å²) in [5.41, 5.74) is 10.4. The second-order valence-electron chi connectivity index (χ2n) is 13.1. The number of fused-ring (bicyclic) bond motifs is 1. The number of nitrogens with two attached hydrogens (primary N) is 1. The second kappa shape index (κ2) is 11.8. The number of rotatable bonds is 9. The zero-order valence-electron chi connectivity index (χ0n) is 25.1. The third-order valence-corrected chi connectivity index (χ3v) is 8.68. The Morgan fingerprint density at radius 3 is 2.63 bits per heavy atom. The van der Waals surface area contributed by atoms with Crippen molar-refractivity contribution in [2.75, 3.05) is 12.3 Å². The molecule has 1 aromatic carbocycles. The predicted octanol–water partition coefficient (Wildman–Crippen LogP) is 4.39. The molecular formula is C31H45N7O3. The molecule has 4 unspecified atom stereocenters. The van der Waals surface area contributed by atoms with Crippen LogP contribution in [0.25, 0.3) is 11.2 Å². The van der Waals surface area contributed by atoms with Crippen molar-refractivity contribution in [3.63, 3.8) is 0 Å². The van der Waals surface area contributed by atoms with Gasteiger partial charge in [0.15, 0.2) is 17.7 Å². The van der Waals surface area contributed by atoms with Crippen LogP contribution in [0.2, 0.25) is 0 Å². The lowest BCUT2D eigenvalue weighted by molar-refractivity contribution is -0.0619. The maximum absolute atomic E-state index is 10.9. The molecule has 2 fully saturated rings. The van der Waals surface area contributed by atoms with E-state index in [-0.39, 0.29) is 17.3 Å². The predicted molar refractivity (Wildman–Crippen MR) is 161 cm³/mol. The highest BCUT2D eigenvalue weighted by atomic mass is 16.6. The average Bonchev–Trinajstić information content (AvgIpc) is 3.43. The molecule has 2 aliphatic rings. The van der Waals surface area contributed by atoms with Gasteiger partial charge in [-0.15, -0.1) is 0 Å². The Morgan fingerprint density at radius 2 is 1.93 bits per heavy atom. The number of aliphatic hydroxyl groups excluding tert-OH is 2. The minimum absolute atomic E-state index is 0.110. The molecule has 3 aromatic rings. The number of aliphatic imine (C=N–C) groups is 1. The van der Waals surface area contributed by atoms with E-state index in [2.05, 4.69) is 85.7 Å². The molecule has 3 heterocycles. The third kappa shape index (κ3) is 6.30. The van der Waals surface area contributed by atoms with Gasteiger partial charge in [0.2, 0.25) is 0 Å². The van der Waals surface area contributed by atoms with Crippen molar-refractivity contribution in [3.8, 4) is 0 Å². The third-order valence-electron chi connectivity index (χ3n) is 8.68. The normalized spacial score (nSPS) is 27.2. The zero-order valence-corrected chi connectivity index (χ0v) is 25.1. The quantitative estimate of drug-likeness (QED) is 0.326. The van der Waals surface area contributed by atoms with E-state index in [4.69, 9.17) is 15.5 Å². The first-order valence-electron chi connectivity index (χ1n) is 14.8. The van der Waals surface area contributed by atoms with E-state index in [1.165, 1.54) is 23.9 Å². The van der Waals surface area contributed by atoms with E-state index in [9.17, 15) is 10.2 Å².